The lowest BCUT2D eigenvalue weighted by Gasteiger charge is -2.22. The van der Waals surface area contributed by atoms with E-state index >= 15 is 0 Å². The van der Waals surface area contributed by atoms with Crippen LogP contribution < -0.4 is 0 Å². The molecule has 0 bridgehead atoms. The van der Waals surface area contributed by atoms with Crippen LogP contribution in [0.1, 0.15) is 12.5 Å². The number of benzene rings is 1. The summed E-state index contributed by atoms with van der Waals surface area (Å²) < 4.78 is 32.3. The van der Waals surface area contributed by atoms with Gasteiger partial charge in [-0.1, -0.05) is 49.4 Å². The topological polar surface area (TPSA) is 9.23 Å². The summed E-state index contributed by atoms with van der Waals surface area (Å²) in [6, 6.07) is 9.34. The molecule has 1 nitrogen and oxygen atoms in total. The number of rotatable bonds is 3. The van der Waals surface area contributed by atoms with Crippen LogP contribution in [0, 0.1) is 5.92 Å². The second-order valence-corrected chi connectivity index (χ2v) is 4.07. The Kier molecular flexibility index (Phi) is 3.06. The molecule has 3 heteroatoms. The Morgan fingerprint density at radius 1 is 1.19 bits per heavy atom. The molecule has 0 saturated carbocycles. The van der Waals surface area contributed by atoms with Crippen LogP contribution in [0.4, 0.5) is 8.78 Å². The molecule has 0 N–H and O–H groups in total. The van der Waals surface area contributed by atoms with Crippen molar-refractivity contribution in [1.29, 1.82) is 0 Å². The molecule has 0 spiro atoms. The van der Waals surface area contributed by atoms with Crippen molar-refractivity contribution in [2.24, 2.45) is 5.92 Å². The zero-order valence-electron chi connectivity index (χ0n) is 9.07. The van der Waals surface area contributed by atoms with E-state index in [4.69, 9.17) is 4.74 Å². The van der Waals surface area contributed by atoms with Gasteiger partial charge in [0.05, 0.1) is 6.61 Å². The molecule has 0 heterocycles. The van der Waals surface area contributed by atoms with Gasteiger partial charge in [0.25, 0.3) is 5.92 Å². The van der Waals surface area contributed by atoms with E-state index in [9.17, 15) is 8.78 Å². The first-order valence-corrected chi connectivity index (χ1v) is 5.32. The van der Waals surface area contributed by atoms with Crippen LogP contribution in [-0.2, 0) is 11.3 Å². The van der Waals surface area contributed by atoms with Crippen LogP contribution in [0.5, 0.6) is 0 Å². The fraction of sp³-hybridized carbons (Fsp3) is 0.385. The van der Waals surface area contributed by atoms with E-state index in [2.05, 4.69) is 0 Å². The molecule has 1 aromatic rings. The summed E-state index contributed by atoms with van der Waals surface area (Å²) in [5, 5.41) is 0. The predicted molar refractivity (Wildman–Crippen MR) is 58.3 cm³/mol. The fourth-order valence-electron chi connectivity index (χ4n) is 1.71. The molecule has 0 fully saturated rings. The van der Waals surface area contributed by atoms with Gasteiger partial charge in [-0.2, -0.15) is 0 Å². The van der Waals surface area contributed by atoms with Crippen molar-refractivity contribution in [3.8, 4) is 0 Å². The van der Waals surface area contributed by atoms with Gasteiger partial charge in [0.15, 0.2) is 0 Å². The highest BCUT2D eigenvalue weighted by molar-refractivity contribution is 5.15. The predicted octanol–water partition coefficient (Wildman–Crippen LogP) is 3.41. The van der Waals surface area contributed by atoms with Crippen LogP contribution in [0.25, 0.3) is 0 Å². The lowest BCUT2D eigenvalue weighted by molar-refractivity contribution is -0.131. The Labute approximate surface area is 93.7 Å². The Morgan fingerprint density at radius 3 is 2.44 bits per heavy atom. The third-order valence-corrected chi connectivity index (χ3v) is 2.83. The molecule has 0 aromatic heterocycles. The van der Waals surface area contributed by atoms with Gasteiger partial charge < -0.3 is 4.74 Å². The monoisotopic (exact) mass is 224 g/mol. The van der Waals surface area contributed by atoms with Crippen molar-refractivity contribution in [1.82, 2.24) is 0 Å². The Morgan fingerprint density at radius 2 is 1.88 bits per heavy atom. The van der Waals surface area contributed by atoms with Gasteiger partial charge in [-0.15, -0.1) is 0 Å². The van der Waals surface area contributed by atoms with Crippen LogP contribution in [0.2, 0.25) is 0 Å². The van der Waals surface area contributed by atoms with Gasteiger partial charge in [0.2, 0.25) is 0 Å². The lowest BCUT2D eigenvalue weighted by atomic mass is 10.1. The quantitative estimate of drug-likeness (QED) is 0.715. The summed E-state index contributed by atoms with van der Waals surface area (Å²) in [5.74, 6) is -3.53. The van der Waals surface area contributed by atoms with E-state index in [1.807, 2.05) is 30.3 Å². The van der Waals surface area contributed by atoms with Gasteiger partial charge in [-0.25, -0.2) is 8.78 Å². The molecule has 1 aliphatic rings. The molecule has 0 radical (unpaired) electrons. The smallest absolute Gasteiger partial charge is 0.283 e. The maximum atomic E-state index is 13.5. The molecule has 0 unspecified atom stereocenters. The van der Waals surface area contributed by atoms with Gasteiger partial charge in [-0.05, 0) is 5.56 Å². The van der Waals surface area contributed by atoms with Crippen LogP contribution in [-0.4, -0.2) is 12.0 Å². The Balaban J connectivity index is 1.95. The van der Waals surface area contributed by atoms with Gasteiger partial charge in [-0.3, -0.25) is 0 Å². The molecular weight excluding hydrogens is 210 g/mol. The third-order valence-electron chi connectivity index (χ3n) is 2.83. The highest BCUT2D eigenvalue weighted by Crippen LogP contribution is 2.37. The van der Waals surface area contributed by atoms with Crippen LogP contribution in [0.3, 0.4) is 0 Å². The van der Waals surface area contributed by atoms with Gasteiger partial charge >= 0.3 is 0 Å². The molecule has 86 valence electrons. The molecular formula is C13H14F2O. The number of allylic oxidation sites excluding steroid dienone is 1. The summed E-state index contributed by atoms with van der Waals surface area (Å²) in [6.07, 6.45) is 1.87. The van der Waals surface area contributed by atoms with E-state index in [-0.39, 0.29) is 6.61 Å². The first-order valence-electron chi connectivity index (χ1n) is 5.32. The fourth-order valence-corrected chi connectivity index (χ4v) is 1.71. The first-order chi connectivity index (χ1) is 7.60. The SMILES string of the molecule is C[C@H]1C=C[C@@H](OCc2ccccc2)C1(F)F. The molecule has 2 atom stereocenters. The standard InChI is InChI=1S/C13H14F2O/c1-10-7-8-12(13(10,14)15)16-9-11-5-3-2-4-6-11/h2-8,10,12H,9H2,1H3/t10-,12+/m0/s1. The van der Waals surface area contributed by atoms with Crippen LogP contribution >= 0.6 is 0 Å². The van der Waals surface area contributed by atoms with E-state index in [0.29, 0.717) is 0 Å². The molecule has 1 aliphatic carbocycles. The van der Waals surface area contributed by atoms with Crippen molar-refractivity contribution in [2.45, 2.75) is 25.6 Å². The second kappa shape index (κ2) is 4.34. The molecule has 0 saturated heterocycles. The summed E-state index contributed by atoms with van der Waals surface area (Å²) in [4.78, 5) is 0. The normalized spacial score (nSPS) is 27.2. The molecule has 1 aromatic carbocycles. The van der Waals surface area contributed by atoms with Crippen molar-refractivity contribution < 1.29 is 13.5 Å². The lowest BCUT2D eigenvalue weighted by Crippen LogP contribution is -2.35. The van der Waals surface area contributed by atoms with Crippen molar-refractivity contribution in [3.63, 3.8) is 0 Å². The largest absolute Gasteiger partial charge is 0.363 e. The molecule has 16 heavy (non-hydrogen) atoms. The summed E-state index contributed by atoms with van der Waals surface area (Å²) in [5.41, 5.74) is 0.909. The molecule has 2 rings (SSSR count). The summed E-state index contributed by atoms with van der Waals surface area (Å²) in [6.45, 7) is 1.72. The minimum absolute atomic E-state index is 0.220. The maximum absolute atomic E-state index is 13.5. The highest BCUT2D eigenvalue weighted by Gasteiger charge is 2.47. The zero-order valence-corrected chi connectivity index (χ0v) is 9.07. The average Bonchev–Trinajstić information content (AvgIpc) is 2.53. The Hall–Kier alpha value is -1.22. The Bertz CT molecular complexity index is 373. The van der Waals surface area contributed by atoms with E-state index in [0.717, 1.165) is 5.56 Å². The van der Waals surface area contributed by atoms with Gasteiger partial charge in [0, 0.05) is 5.92 Å². The van der Waals surface area contributed by atoms with Crippen molar-refractivity contribution in [2.75, 3.05) is 0 Å². The number of hydrogen-bond donors (Lipinski definition) is 0. The van der Waals surface area contributed by atoms with Crippen molar-refractivity contribution >= 4 is 0 Å². The van der Waals surface area contributed by atoms with Crippen LogP contribution in [0.15, 0.2) is 42.5 Å². The van der Waals surface area contributed by atoms with E-state index in [1.165, 1.54) is 19.1 Å². The van der Waals surface area contributed by atoms with Gasteiger partial charge in [0.1, 0.15) is 6.10 Å². The summed E-state index contributed by atoms with van der Waals surface area (Å²) in [7, 11) is 0. The summed E-state index contributed by atoms with van der Waals surface area (Å²) >= 11 is 0. The minimum Gasteiger partial charge on any atom is -0.363 e. The first kappa shape index (κ1) is 11.3. The number of alkyl halides is 2. The second-order valence-electron chi connectivity index (χ2n) is 4.07. The number of halogens is 2. The average molecular weight is 224 g/mol. The number of ether oxygens (including phenoxy) is 1. The zero-order chi connectivity index (χ0) is 11.6. The molecule has 0 aliphatic heterocycles. The van der Waals surface area contributed by atoms with E-state index < -0.39 is 17.9 Å². The third kappa shape index (κ3) is 2.14. The molecule has 0 amide bonds. The van der Waals surface area contributed by atoms with Crippen molar-refractivity contribution in [3.05, 3.63) is 48.0 Å². The maximum Gasteiger partial charge on any atom is 0.283 e. The number of hydrogen-bond acceptors (Lipinski definition) is 1. The minimum atomic E-state index is -2.78. The highest BCUT2D eigenvalue weighted by atomic mass is 19.3. The van der Waals surface area contributed by atoms with E-state index in [1.54, 1.807) is 0 Å².